The monoisotopic (exact) mass is 354 g/mol. The van der Waals surface area contributed by atoms with Gasteiger partial charge in [0.2, 0.25) is 0 Å². The number of amides is 1. The first-order valence-corrected chi connectivity index (χ1v) is 9.06. The van der Waals surface area contributed by atoms with Gasteiger partial charge in [0.1, 0.15) is 0 Å². The van der Waals surface area contributed by atoms with Crippen molar-refractivity contribution in [1.82, 2.24) is 9.47 Å². The highest BCUT2D eigenvalue weighted by Gasteiger charge is 2.30. The molecule has 0 N–H and O–H groups in total. The lowest BCUT2D eigenvalue weighted by atomic mass is 10.2. The van der Waals surface area contributed by atoms with Crippen molar-refractivity contribution in [3.8, 4) is 0 Å². The van der Waals surface area contributed by atoms with Crippen molar-refractivity contribution in [2.45, 2.75) is 52.3 Å². The third kappa shape index (κ3) is 3.82. The second-order valence-corrected chi connectivity index (χ2v) is 7.11. The number of carbonyl (C=O) groups excluding carboxylic acids is 2. The molecule has 26 heavy (non-hydrogen) atoms. The summed E-state index contributed by atoms with van der Waals surface area (Å²) in [4.78, 5) is 26.7. The van der Waals surface area contributed by atoms with E-state index < -0.39 is 12.1 Å². The molecule has 1 aromatic carbocycles. The van der Waals surface area contributed by atoms with E-state index in [9.17, 15) is 9.59 Å². The maximum Gasteiger partial charge on any atom is 0.340 e. The summed E-state index contributed by atoms with van der Waals surface area (Å²) in [5.74, 6) is -0.642. The third-order valence-corrected chi connectivity index (χ3v) is 4.89. The predicted octanol–water partition coefficient (Wildman–Crippen LogP) is 3.64. The molecule has 1 amide bonds. The Morgan fingerprint density at radius 2 is 1.88 bits per heavy atom. The number of hydrogen-bond donors (Lipinski definition) is 0. The maximum atomic E-state index is 12.6. The van der Waals surface area contributed by atoms with Gasteiger partial charge in [0.25, 0.3) is 5.91 Å². The summed E-state index contributed by atoms with van der Waals surface area (Å²) < 4.78 is 7.66. The van der Waals surface area contributed by atoms with Crippen LogP contribution in [0, 0.1) is 13.8 Å². The van der Waals surface area contributed by atoms with Crippen LogP contribution in [0.3, 0.4) is 0 Å². The molecule has 0 radical (unpaired) electrons. The lowest BCUT2D eigenvalue weighted by Gasteiger charge is -2.21. The first kappa shape index (κ1) is 18.2. The molecule has 0 bridgehead atoms. The Balaban J connectivity index is 1.63. The number of likely N-dealkylation sites (N-methyl/N-ethyl adjacent to an activating group) is 1. The highest BCUT2D eigenvalue weighted by molar-refractivity contribution is 5.93. The van der Waals surface area contributed by atoms with Crippen LogP contribution in [0.25, 0.3) is 0 Å². The molecule has 1 aliphatic carbocycles. The van der Waals surface area contributed by atoms with Crippen LogP contribution in [0.1, 0.15) is 53.1 Å². The fourth-order valence-corrected chi connectivity index (χ4v) is 3.40. The number of ether oxygens (including phenoxy) is 1. The van der Waals surface area contributed by atoms with Gasteiger partial charge in [-0.05, 0) is 45.2 Å². The summed E-state index contributed by atoms with van der Waals surface area (Å²) in [6, 6.07) is 12.1. The van der Waals surface area contributed by atoms with Crippen molar-refractivity contribution in [2.75, 3.05) is 7.05 Å². The molecule has 1 atom stereocenters. The van der Waals surface area contributed by atoms with Crippen LogP contribution in [0.15, 0.2) is 36.4 Å². The number of esters is 1. The Morgan fingerprint density at radius 3 is 2.50 bits per heavy atom. The topological polar surface area (TPSA) is 51.5 Å². The summed E-state index contributed by atoms with van der Waals surface area (Å²) in [5.41, 5.74) is 3.58. The van der Waals surface area contributed by atoms with E-state index in [1.807, 2.05) is 50.2 Å². The van der Waals surface area contributed by atoms with Crippen molar-refractivity contribution < 1.29 is 14.3 Å². The molecule has 1 saturated carbocycles. The molecule has 0 unspecified atom stereocenters. The Hall–Kier alpha value is -2.56. The van der Waals surface area contributed by atoms with Crippen LogP contribution < -0.4 is 0 Å². The smallest absolute Gasteiger partial charge is 0.340 e. The van der Waals surface area contributed by atoms with E-state index in [2.05, 4.69) is 4.57 Å². The molecule has 2 aromatic rings. The van der Waals surface area contributed by atoms with Gasteiger partial charge in [-0.1, -0.05) is 30.3 Å². The standard InChI is InChI=1S/C21H26N2O3/c1-14-12-19(15(2)23(14)18-10-11-18)21(25)26-16(3)20(24)22(4)13-17-8-6-5-7-9-17/h5-9,12,16,18H,10-11,13H2,1-4H3/t16-/m1/s1. The average Bonchev–Trinajstić information content (AvgIpc) is 3.39. The highest BCUT2D eigenvalue weighted by Crippen LogP contribution is 2.38. The van der Waals surface area contributed by atoms with Crippen LogP contribution in [0.5, 0.6) is 0 Å². The van der Waals surface area contributed by atoms with Crippen molar-refractivity contribution in [3.63, 3.8) is 0 Å². The molecule has 0 saturated heterocycles. The van der Waals surface area contributed by atoms with Crippen molar-refractivity contribution in [2.24, 2.45) is 0 Å². The lowest BCUT2D eigenvalue weighted by molar-refractivity contribution is -0.139. The van der Waals surface area contributed by atoms with Gasteiger partial charge >= 0.3 is 5.97 Å². The molecule has 5 heteroatoms. The van der Waals surface area contributed by atoms with E-state index in [-0.39, 0.29) is 5.91 Å². The van der Waals surface area contributed by atoms with Crippen LogP contribution in [-0.2, 0) is 16.1 Å². The van der Waals surface area contributed by atoms with E-state index in [0.29, 0.717) is 18.2 Å². The van der Waals surface area contributed by atoms with E-state index in [1.165, 1.54) is 0 Å². The van der Waals surface area contributed by atoms with Crippen molar-refractivity contribution in [3.05, 3.63) is 58.9 Å². The quantitative estimate of drug-likeness (QED) is 0.744. The lowest BCUT2D eigenvalue weighted by Crippen LogP contribution is -2.37. The number of rotatable bonds is 6. The Bertz CT molecular complexity index is 806. The van der Waals surface area contributed by atoms with Crippen LogP contribution in [0.4, 0.5) is 0 Å². The second kappa shape index (κ2) is 7.36. The Labute approximate surface area is 154 Å². The van der Waals surface area contributed by atoms with E-state index in [1.54, 1.807) is 18.9 Å². The van der Waals surface area contributed by atoms with E-state index in [4.69, 9.17) is 4.74 Å². The Kier molecular flexibility index (Phi) is 5.16. The van der Waals surface area contributed by atoms with Crippen LogP contribution in [0.2, 0.25) is 0 Å². The molecular weight excluding hydrogens is 328 g/mol. The summed E-state index contributed by atoms with van der Waals surface area (Å²) in [7, 11) is 1.72. The van der Waals surface area contributed by atoms with E-state index >= 15 is 0 Å². The zero-order valence-electron chi connectivity index (χ0n) is 15.9. The minimum Gasteiger partial charge on any atom is -0.449 e. The normalized spacial score (nSPS) is 14.8. The summed E-state index contributed by atoms with van der Waals surface area (Å²) in [5, 5.41) is 0. The van der Waals surface area contributed by atoms with Gasteiger partial charge in [-0.2, -0.15) is 0 Å². The third-order valence-electron chi connectivity index (χ3n) is 4.89. The average molecular weight is 354 g/mol. The molecular formula is C21H26N2O3. The fourth-order valence-electron chi connectivity index (χ4n) is 3.40. The zero-order valence-corrected chi connectivity index (χ0v) is 15.9. The number of aryl methyl sites for hydroxylation is 1. The van der Waals surface area contributed by atoms with Gasteiger partial charge in [-0.15, -0.1) is 0 Å². The van der Waals surface area contributed by atoms with Crippen molar-refractivity contribution in [1.29, 1.82) is 0 Å². The molecule has 0 spiro atoms. The number of hydrogen-bond acceptors (Lipinski definition) is 3. The molecule has 1 aliphatic rings. The number of benzene rings is 1. The SMILES string of the molecule is Cc1cc(C(=O)O[C@H](C)C(=O)N(C)Cc2ccccc2)c(C)n1C1CC1. The second-order valence-electron chi connectivity index (χ2n) is 7.11. The number of aromatic nitrogens is 1. The van der Waals surface area contributed by atoms with Gasteiger partial charge in [0, 0.05) is 31.0 Å². The highest BCUT2D eigenvalue weighted by atomic mass is 16.5. The van der Waals surface area contributed by atoms with Crippen LogP contribution in [-0.4, -0.2) is 34.5 Å². The largest absolute Gasteiger partial charge is 0.449 e. The van der Waals surface area contributed by atoms with Gasteiger partial charge < -0.3 is 14.2 Å². The molecule has 1 heterocycles. The van der Waals surface area contributed by atoms with Crippen molar-refractivity contribution >= 4 is 11.9 Å². The van der Waals surface area contributed by atoms with Gasteiger partial charge in [-0.3, -0.25) is 4.79 Å². The summed E-state index contributed by atoms with van der Waals surface area (Å²) in [6.45, 7) is 6.06. The summed E-state index contributed by atoms with van der Waals surface area (Å²) >= 11 is 0. The van der Waals surface area contributed by atoms with Gasteiger partial charge in [-0.25, -0.2) is 4.79 Å². The minimum atomic E-state index is -0.819. The molecule has 0 aliphatic heterocycles. The number of carbonyl (C=O) groups is 2. The van der Waals surface area contributed by atoms with Gasteiger partial charge in [0.05, 0.1) is 5.56 Å². The molecule has 1 fully saturated rings. The fraction of sp³-hybridized carbons (Fsp3) is 0.429. The first-order chi connectivity index (χ1) is 12.4. The zero-order chi connectivity index (χ0) is 18.8. The van der Waals surface area contributed by atoms with E-state index in [0.717, 1.165) is 29.8 Å². The molecule has 5 nitrogen and oxygen atoms in total. The van der Waals surface area contributed by atoms with Crippen LogP contribution >= 0.6 is 0 Å². The molecule has 138 valence electrons. The Morgan fingerprint density at radius 1 is 1.23 bits per heavy atom. The molecule has 3 rings (SSSR count). The molecule has 1 aromatic heterocycles. The van der Waals surface area contributed by atoms with Gasteiger partial charge in [0.15, 0.2) is 6.10 Å². The number of nitrogens with zero attached hydrogens (tertiary/aromatic N) is 2. The summed E-state index contributed by atoms with van der Waals surface area (Å²) in [6.07, 6.45) is 1.49. The maximum absolute atomic E-state index is 12.6. The minimum absolute atomic E-state index is 0.210. The first-order valence-electron chi connectivity index (χ1n) is 9.06. The predicted molar refractivity (Wildman–Crippen MR) is 100.0 cm³/mol.